The van der Waals surface area contributed by atoms with E-state index in [-0.39, 0.29) is 5.82 Å². The summed E-state index contributed by atoms with van der Waals surface area (Å²) in [7, 11) is 0. The van der Waals surface area contributed by atoms with Crippen molar-refractivity contribution in [2.24, 2.45) is 0 Å². The van der Waals surface area contributed by atoms with Crippen LogP contribution in [0.5, 0.6) is 0 Å². The summed E-state index contributed by atoms with van der Waals surface area (Å²) < 4.78 is 15.6. The summed E-state index contributed by atoms with van der Waals surface area (Å²) >= 11 is 0. The molecule has 114 valence electrons. The molecule has 0 radical (unpaired) electrons. The Morgan fingerprint density at radius 2 is 1.96 bits per heavy atom. The van der Waals surface area contributed by atoms with Crippen molar-refractivity contribution in [3.63, 3.8) is 0 Å². The summed E-state index contributed by atoms with van der Waals surface area (Å²) in [6.45, 7) is 4.25. The Morgan fingerprint density at radius 1 is 1.17 bits per heavy atom. The number of para-hydroxylation sites is 1. The Bertz CT molecular complexity index is 926. The van der Waals surface area contributed by atoms with Gasteiger partial charge in [-0.25, -0.2) is 4.39 Å². The molecule has 1 heterocycles. The average Bonchev–Trinajstić information content (AvgIpc) is 2.91. The largest absolute Gasteiger partial charge is 0.344 e. The quantitative estimate of drug-likeness (QED) is 0.593. The Labute approximate surface area is 135 Å². The second-order valence-electron chi connectivity index (χ2n) is 5.78. The van der Waals surface area contributed by atoms with E-state index in [0.717, 1.165) is 16.5 Å². The van der Waals surface area contributed by atoms with Crippen molar-refractivity contribution in [1.29, 1.82) is 5.26 Å². The van der Waals surface area contributed by atoms with Gasteiger partial charge in [-0.15, -0.1) is 0 Å². The molecule has 0 bridgehead atoms. The van der Waals surface area contributed by atoms with Gasteiger partial charge in [-0.3, -0.25) is 0 Å². The van der Waals surface area contributed by atoms with Crippen molar-refractivity contribution in [3.8, 4) is 6.07 Å². The highest BCUT2D eigenvalue weighted by atomic mass is 19.1. The lowest BCUT2D eigenvalue weighted by molar-refractivity contribution is 0.622. The van der Waals surface area contributed by atoms with E-state index in [2.05, 4.69) is 30.6 Å². The molecule has 1 aromatic heterocycles. The third-order valence-electron chi connectivity index (χ3n) is 3.88. The molecular weight excluding hydrogens is 287 g/mol. The number of halogens is 1. The zero-order valence-corrected chi connectivity index (χ0v) is 13.1. The Morgan fingerprint density at radius 3 is 2.65 bits per heavy atom. The molecule has 0 aliphatic heterocycles. The minimum absolute atomic E-state index is 0.321. The molecule has 0 saturated heterocycles. The minimum atomic E-state index is -0.340. The molecule has 0 fully saturated rings. The van der Waals surface area contributed by atoms with E-state index in [1.54, 1.807) is 12.1 Å². The lowest BCUT2D eigenvalue weighted by atomic mass is 10.0. The molecule has 0 unspecified atom stereocenters. The number of hydrogen-bond donors (Lipinski definition) is 0. The highest BCUT2D eigenvalue weighted by Crippen LogP contribution is 2.28. The fraction of sp³-hybridized carbons (Fsp3) is 0.150. The number of hydrogen-bond acceptors (Lipinski definition) is 1. The molecule has 2 nitrogen and oxygen atoms in total. The molecule has 0 N–H and O–H groups in total. The molecule has 3 aromatic rings. The number of rotatable bonds is 3. The normalized spacial score (nSPS) is 11.9. The van der Waals surface area contributed by atoms with E-state index in [9.17, 15) is 9.65 Å². The van der Waals surface area contributed by atoms with Crippen molar-refractivity contribution >= 4 is 22.6 Å². The molecule has 0 amide bonds. The van der Waals surface area contributed by atoms with Gasteiger partial charge in [-0.2, -0.15) is 5.26 Å². The molecular formula is C20H17FN2. The van der Waals surface area contributed by atoms with Gasteiger partial charge < -0.3 is 4.57 Å². The van der Waals surface area contributed by atoms with Crippen molar-refractivity contribution < 1.29 is 4.39 Å². The summed E-state index contributed by atoms with van der Waals surface area (Å²) in [5.74, 6) is -0.340. The third kappa shape index (κ3) is 2.89. The van der Waals surface area contributed by atoms with Crippen molar-refractivity contribution in [1.82, 2.24) is 4.57 Å². The number of benzene rings is 2. The number of nitriles is 1. The second kappa shape index (κ2) is 6.10. The third-order valence-corrected chi connectivity index (χ3v) is 3.88. The van der Waals surface area contributed by atoms with Crippen LogP contribution in [0.25, 0.3) is 22.6 Å². The molecule has 0 aliphatic rings. The van der Waals surface area contributed by atoms with Crippen LogP contribution in [0.1, 0.15) is 31.0 Å². The van der Waals surface area contributed by atoms with Crippen LogP contribution in [0.3, 0.4) is 0 Å². The van der Waals surface area contributed by atoms with Gasteiger partial charge >= 0.3 is 0 Å². The number of fused-ring (bicyclic) bond motifs is 1. The second-order valence-corrected chi connectivity index (χ2v) is 5.78. The highest BCUT2D eigenvalue weighted by Gasteiger charge is 2.10. The SMILES string of the molecule is CC(C)n1cc(/C=C(/C#N)c2cccc(F)c2)c2ccccc21. The van der Waals surface area contributed by atoms with E-state index >= 15 is 0 Å². The molecule has 0 saturated carbocycles. The van der Waals surface area contributed by atoms with E-state index in [1.165, 1.54) is 12.1 Å². The maximum absolute atomic E-state index is 13.4. The molecule has 23 heavy (non-hydrogen) atoms. The van der Waals surface area contributed by atoms with Crippen LogP contribution >= 0.6 is 0 Å². The maximum atomic E-state index is 13.4. The summed E-state index contributed by atoms with van der Waals surface area (Å²) in [6, 6.07) is 16.7. The molecule has 0 spiro atoms. The Balaban J connectivity index is 2.18. The number of allylic oxidation sites excluding steroid dienone is 1. The van der Waals surface area contributed by atoms with Crippen LogP contribution in [0.4, 0.5) is 4.39 Å². The maximum Gasteiger partial charge on any atom is 0.123 e. The number of nitrogens with zero attached hydrogens (tertiary/aromatic N) is 2. The topological polar surface area (TPSA) is 28.7 Å². The van der Waals surface area contributed by atoms with Gasteiger partial charge in [-0.05, 0) is 43.7 Å². The molecule has 3 rings (SSSR count). The number of aromatic nitrogens is 1. The summed E-state index contributed by atoms with van der Waals surface area (Å²) in [5, 5.41) is 10.6. The van der Waals surface area contributed by atoms with Crippen molar-refractivity contribution in [3.05, 3.63) is 71.7 Å². The van der Waals surface area contributed by atoms with Gasteiger partial charge in [0.25, 0.3) is 0 Å². The first kappa shape index (κ1) is 15.1. The van der Waals surface area contributed by atoms with Crippen LogP contribution < -0.4 is 0 Å². The van der Waals surface area contributed by atoms with Gasteiger partial charge in [0, 0.05) is 28.7 Å². The van der Waals surface area contributed by atoms with Gasteiger partial charge in [-0.1, -0.05) is 30.3 Å². The van der Waals surface area contributed by atoms with Crippen LogP contribution in [-0.2, 0) is 0 Å². The van der Waals surface area contributed by atoms with Gasteiger partial charge in [0.15, 0.2) is 0 Å². The van der Waals surface area contributed by atoms with Gasteiger partial charge in [0.2, 0.25) is 0 Å². The first-order chi connectivity index (χ1) is 11.1. The molecule has 0 atom stereocenters. The zero-order chi connectivity index (χ0) is 16.4. The Hall–Kier alpha value is -2.86. The lowest BCUT2D eigenvalue weighted by Crippen LogP contribution is -1.97. The standard InChI is InChI=1S/C20H17FN2/c1-14(2)23-13-17(19-8-3-4-9-20(19)23)10-16(12-22)15-6-5-7-18(21)11-15/h3-11,13-14H,1-2H3/b16-10-. The van der Waals surface area contributed by atoms with E-state index in [4.69, 9.17) is 0 Å². The van der Waals surface area contributed by atoms with Crippen molar-refractivity contribution in [2.45, 2.75) is 19.9 Å². The van der Waals surface area contributed by atoms with E-state index in [0.29, 0.717) is 17.2 Å². The highest BCUT2D eigenvalue weighted by molar-refractivity contribution is 5.98. The van der Waals surface area contributed by atoms with E-state index in [1.807, 2.05) is 30.5 Å². The first-order valence-electron chi connectivity index (χ1n) is 7.57. The fourth-order valence-electron chi connectivity index (χ4n) is 2.77. The van der Waals surface area contributed by atoms with Crippen LogP contribution in [0.2, 0.25) is 0 Å². The van der Waals surface area contributed by atoms with E-state index < -0.39 is 0 Å². The van der Waals surface area contributed by atoms with Crippen LogP contribution in [-0.4, -0.2) is 4.57 Å². The fourth-order valence-corrected chi connectivity index (χ4v) is 2.77. The Kier molecular flexibility index (Phi) is 3.99. The minimum Gasteiger partial charge on any atom is -0.344 e. The first-order valence-corrected chi connectivity index (χ1v) is 7.57. The summed E-state index contributed by atoms with van der Waals surface area (Å²) in [6.07, 6.45) is 3.88. The summed E-state index contributed by atoms with van der Waals surface area (Å²) in [5.41, 5.74) is 3.14. The lowest BCUT2D eigenvalue weighted by Gasteiger charge is -2.08. The van der Waals surface area contributed by atoms with Gasteiger partial charge in [0.05, 0.1) is 11.6 Å². The zero-order valence-electron chi connectivity index (χ0n) is 13.1. The molecule has 0 aliphatic carbocycles. The van der Waals surface area contributed by atoms with Crippen LogP contribution in [0, 0.1) is 17.1 Å². The predicted octanol–water partition coefficient (Wildman–Crippen LogP) is 5.43. The van der Waals surface area contributed by atoms with Gasteiger partial charge in [0.1, 0.15) is 5.82 Å². The molecule has 2 aromatic carbocycles. The smallest absolute Gasteiger partial charge is 0.123 e. The summed E-state index contributed by atoms with van der Waals surface area (Å²) in [4.78, 5) is 0. The predicted molar refractivity (Wildman–Crippen MR) is 92.2 cm³/mol. The molecule has 3 heteroatoms. The van der Waals surface area contributed by atoms with Crippen LogP contribution in [0.15, 0.2) is 54.7 Å². The average molecular weight is 304 g/mol. The monoisotopic (exact) mass is 304 g/mol. The van der Waals surface area contributed by atoms with Crippen molar-refractivity contribution in [2.75, 3.05) is 0 Å².